The monoisotopic (exact) mass is 368 g/mol. The van der Waals surface area contributed by atoms with Crippen LogP contribution in [0.1, 0.15) is 18.1 Å². The summed E-state index contributed by atoms with van der Waals surface area (Å²) in [5, 5.41) is 11.5. The molecule has 6 nitrogen and oxygen atoms in total. The Kier molecular flexibility index (Phi) is 6.22. The first-order valence-electron chi connectivity index (χ1n) is 8.46. The number of aromatic nitrogens is 3. The fourth-order valence-corrected chi connectivity index (χ4v) is 2.51. The lowest BCUT2D eigenvalue weighted by molar-refractivity contribution is 0.813. The Morgan fingerprint density at radius 1 is 1.12 bits per heavy atom. The molecule has 0 fully saturated rings. The minimum Gasteiger partial charge on any atom is -0.357 e. The first-order chi connectivity index (χ1) is 12.7. The molecule has 0 atom stereocenters. The summed E-state index contributed by atoms with van der Waals surface area (Å²) in [7, 11) is 0. The molecular weight excluding hydrogens is 348 g/mol. The SMILES string of the molecule is CCNC(=NCc1ccnc(-n2cccn2)c1)NCc1ccc(Cl)cc1. The second-order valence-electron chi connectivity index (χ2n) is 5.65. The number of hydrogen-bond donors (Lipinski definition) is 2. The first kappa shape index (κ1) is 17.9. The van der Waals surface area contributed by atoms with Crippen LogP contribution in [0.3, 0.4) is 0 Å². The van der Waals surface area contributed by atoms with E-state index in [2.05, 4.69) is 25.7 Å². The van der Waals surface area contributed by atoms with Crippen LogP contribution in [0.2, 0.25) is 5.02 Å². The maximum atomic E-state index is 5.92. The van der Waals surface area contributed by atoms with E-state index < -0.39 is 0 Å². The molecular formula is C19H21ClN6. The van der Waals surface area contributed by atoms with Gasteiger partial charge in [-0.15, -0.1) is 0 Å². The van der Waals surface area contributed by atoms with Crippen molar-refractivity contribution in [3.63, 3.8) is 0 Å². The Morgan fingerprint density at radius 3 is 2.69 bits per heavy atom. The molecule has 0 aliphatic heterocycles. The zero-order chi connectivity index (χ0) is 18.2. The highest BCUT2D eigenvalue weighted by atomic mass is 35.5. The molecule has 3 rings (SSSR count). The highest BCUT2D eigenvalue weighted by Crippen LogP contribution is 2.09. The van der Waals surface area contributed by atoms with Crippen molar-refractivity contribution in [2.75, 3.05) is 6.54 Å². The molecule has 0 saturated heterocycles. The third-order valence-electron chi connectivity index (χ3n) is 3.69. The lowest BCUT2D eigenvalue weighted by Gasteiger charge is -2.11. The molecule has 3 aromatic rings. The molecule has 0 aliphatic rings. The Balaban J connectivity index is 1.65. The summed E-state index contributed by atoms with van der Waals surface area (Å²) in [6, 6.07) is 13.6. The Morgan fingerprint density at radius 2 is 1.96 bits per heavy atom. The van der Waals surface area contributed by atoms with Gasteiger partial charge in [0, 0.05) is 36.7 Å². The van der Waals surface area contributed by atoms with Crippen molar-refractivity contribution in [2.45, 2.75) is 20.0 Å². The standard InChI is InChI=1S/C19H21ClN6/c1-2-21-19(23-13-15-4-6-17(20)7-5-15)24-14-16-8-10-22-18(12-16)26-11-3-9-25-26/h3-12H,2,13-14H2,1H3,(H2,21,23,24). The van der Waals surface area contributed by atoms with E-state index in [4.69, 9.17) is 11.6 Å². The van der Waals surface area contributed by atoms with Crippen molar-refractivity contribution >= 4 is 17.6 Å². The summed E-state index contributed by atoms with van der Waals surface area (Å²) < 4.78 is 1.73. The first-order valence-corrected chi connectivity index (χ1v) is 8.84. The maximum absolute atomic E-state index is 5.92. The average Bonchev–Trinajstić information content (AvgIpc) is 3.20. The van der Waals surface area contributed by atoms with Crippen LogP contribution in [0.15, 0.2) is 66.0 Å². The van der Waals surface area contributed by atoms with Crippen molar-refractivity contribution < 1.29 is 0 Å². The second kappa shape index (κ2) is 9.01. The second-order valence-corrected chi connectivity index (χ2v) is 6.08. The van der Waals surface area contributed by atoms with Crippen LogP contribution in [0, 0.1) is 0 Å². The van der Waals surface area contributed by atoms with Crippen LogP contribution in [0.5, 0.6) is 0 Å². The third kappa shape index (κ3) is 5.07. The number of rotatable bonds is 6. The van der Waals surface area contributed by atoms with Crippen LogP contribution in [-0.4, -0.2) is 27.3 Å². The number of guanidine groups is 1. The maximum Gasteiger partial charge on any atom is 0.191 e. The fraction of sp³-hybridized carbons (Fsp3) is 0.211. The van der Waals surface area contributed by atoms with Gasteiger partial charge in [0.05, 0.1) is 6.54 Å². The van der Waals surface area contributed by atoms with Gasteiger partial charge in [0.25, 0.3) is 0 Å². The van der Waals surface area contributed by atoms with E-state index in [1.54, 1.807) is 17.1 Å². The minimum atomic E-state index is 0.548. The fourth-order valence-electron chi connectivity index (χ4n) is 2.39. The van der Waals surface area contributed by atoms with Crippen molar-refractivity contribution in [1.29, 1.82) is 0 Å². The highest BCUT2D eigenvalue weighted by Gasteiger charge is 2.02. The van der Waals surface area contributed by atoms with Crippen LogP contribution < -0.4 is 10.6 Å². The van der Waals surface area contributed by atoms with Gasteiger partial charge in [0.2, 0.25) is 0 Å². The molecule has 134 valence electrons. The number of pyridine rings is 1. The molecule has 0 spiro atoms. The van der Waals surface area contributed by atoms with E-state index >= 15 is 0 Å². The quantitative estimate of drug-likeness (QED) is 0.518. The van der Waals surface area contributed by atoms with Crippen molar-refractivity contribution in [1.82, 2.24) is 25.4 Å². The Labute approximate surface area is 157 Å². The zero-order valence-electron chi connectivity index (χ0n) is 14.6. The lowest BCUT2D eigenvalue weighted by atomic mass is 10.2. The molecule has 0 amide bonds. The van der Waals surface area contributed by atoms with E-state index in [0.717, 1.165) is 34.5 Å². The molecule has 0 saturated carbocycles. The van der Waals surface area contributed by atoms with Crippen LogP contribution in [-0.2, 0) is 13.1 Å². The van der Waals surface area contributed by atoms with Gasteiger partial charge in [0.15, 0.2) is 11.8 Å². The van der Waals surface area contributed by atoms with Gasteiger partial charge in [0.1, 0.15) is 0 Å². The van der Waals surface area contributed by atoms with Gasteiger partial charge in [-0.1, -0.05) is 23.7 Å². The largest absolute Gasteiger partial charge is 0.357 e. The number of nitrogens with zero attached hydrogens (tertiary/aromatic N) is 4. The number of nitrogens with one attached hydrogen (secondary N) is 2. The van der Waals surface area contributed by atoms with E-state index in [0.29, 0.717) is 13.1 Å². The molecule has 2 N–H and O–H groups in total. The molecule has 0 bridgehead atoms. The average molecular weight is 369 g/mol. The van der Waals surface area contributed by atoms with Gasteiger partial charge >= 0.3 is 0 Å². The van der Waals surface area contributed by atoms with Gasteiger partial charge in [-0.05, 0) is 48.4 Å². The van der Waals surface area contributed by atoms with E-state index in [1.807, 2.05) is 55.6 Å². The molecule has 0 unspecified atom stereocenters. The molecule has 0 radical (unpaired) electrons. The summed E-state index contributed by atoms with van der Waals surface area (Å²) in [4.78, 5) is 8.99. The number of halogens is 1. The predicted molar refractivity (Wildman–Crippen MR) is 104 cm³/mol. The van der Waals surface area contributed by atoms with Crippen LogP contribution in [0.4, 0.5) is 0 Å². The van der Waals surface area contributed by atoms with Crippen molar-refractivity contribution in [3.8, 4) is 5.82 Å². The van der Waals surface area contributed by atoms with Gasteiger partial charge in [-0.3, -0.25) is 0 Å². The molecule has 0 aliphatic carbocycles. The third-order valence-corrected chi connectivity index (χ3v) is 3.94. The van der Waals surface area contributed by atoms with Gasteiger partial charge in [-0.2, -0.15) is 5.10 Å². The molecule has 26 heavy (non-hydrogen) atoms. The van der Waals surface area contributed by atoms with Crippen LogP contribution in [0.25, 0.3) is 5.82 Å². The van der Waals surface area contributed by atoms with Gasteiger partial charge < -0.3 is 10.6 Å². The highest BCUT2D eigenvalue weighted by molar-refractivity contribution is 6.30. The molecule has 7 heteroatoms. The summed E-state index contributed by atoms with van der Waals surface area (Å²) in [5.74, 6) is 1.54. The lowest BCUT2D eigenvalue weighted by Crippen LogP contribution is -2.36. The predicted octanol–water partition coefficient (Wildman–Crippen LogP) is 3.18. The Hall–Kier alpha value is -2.86. The van der Waals surface area contributed by atoms with E-state index in [-0.39, 0.29) is 0 Å². The minimum absolute atomic E-state index is 0.548. The van der Waals surface area contributed by atoms with Crippen molar-refractivity contribution in [2.24, 2.45) is 4.99 Å². The van der Waals surface area contributed by atoms with Crippen LogP contribution >= 0.6 is 11.6 Å². The number of hydrogen-bond acceptors (Lipinski definition) is 3. The molecule has 2 aromatic heterocycles. The normalized spacial score (nSPS) is 11.4. The van der Waals surface area contributed by atoms with Crippen molar-refractivity contribution in [3.05, 3.63) is 77.2 Å². The Bertz CT molecular complexity index is 843. The number of aliphatic imine (C=N–C) groups is 1. The molecule has 1 aromatic carbocycles. The summed E-state index contributed by atoms with van der Waals surface area (Å²) >= 11 is 5.92. The smallest absolute Gasteiger partial charge is 0.191 e. The van der Waals surface area contributed by atoms with E-state index in [1.165, 1.54) is 0 Å². The number of benzene rings is 1. The van der Waals surface area contributed by atoms with E-state index in [9.17, 15) is 0 Å². The molecule has 2 heterocycles. The summed E-state index contributed by atoms with van der Waals surface area (Å²) in [6.45, 7) is 4.06. The zero-order valence-corrected chi connectivity index (χ0v) is 15.3. The summed E-state index contributed by atoms with van der Waals surface area (Å²) in [6.07, 6.45) is 5.37. The summed E-state index contributed by atoms with van der Waals surface area (Å²) in [5.41, 5.74) is 2.21. The topological polar surface area (TPSA) is 67.1 Å². The van der Waals surface area contributed by atoms with Gasteiger partial charge in [-0.25, -0.2) is 14.7 Å².